The van der Waals surface area contributed by atoms with Gasteiger partial charge >= 0.3 is 0 Å². The van der Waals surface area contributed by atoms with Gasteiger partial charge in [0.2, 0.25) is 5.91 Å². The number of nitrogens with one attached hydrogen (secondary N) is 1. The number of hydrogen-bond donors (Lipinski definition) is 1. The lowest BCUT2D eigenvalue weighted by atomic mass is 9.95. The van der Waals surface area contributed by atoms with E-state index < -0.39 is 0 Å². The zero-order valence-electron chi connectivity index (χ0n) is 12.1. The monoisotopic (exact) mass is 261 g/mol. The van der Waals surface area contributed by atoms with Gasteiger partial charge in [-0.3, -0.25) is 4.79 Å². The molecule has 1 aromatic heterocycles. The largest absolute Gasteiger partial charge is 0.357 e. The highest BCUT2D eigenvalue weighted by Crippen LogP contribution is 2.19. The first-order valence-electron chi connectivity index (χ1n) is 6.95. The molecule has 4 nitrogen and oxygen atoms in total. The number of hydrogen-bond acceptors (Lipinski definition) is 3. The predicted molar refractivity (Wildman–Crippen MR) is 77.0 cm³/mol. The van der Waals surface area contributed by atoms with Crippen LogP contribution >= 0.6 is 0 Å². The Morgan fingerprint density at radius 1 is 1.37 bits per heavy atom. The first kappa shape index (κ1) is 13.8. The second-order valence-corrected chi connectivity index (χ2v) is 6.15. The Morgan fingerprint density at radius 3 is 2.68 bits per heavy atom. The molecule has 1 saturated heterocycles. The number of aromatic nitrogens is 1. The highest BCUT2D eigenvalue weighted by Gasteiger charge is 2.20. The molecule has 104 valence electrons. The Balaban J connectivity index is 1.97. The minimum Gasteiger partial charge on any atom is -0.357 e. The quantitative estimate of drug-likeness (QED) is 0.908. The molecule has 1 aliphatic rings. The van der Waals surface area contributed by atoms with E-state index in [0.29, 0.717) is 6.54 Å². The van der Waals surface area contributed by atoms with Crippen molar-refractivity contribution in [3.8, 4) is 0 Å². The normalized spacial score (nSPS) is 15.6. The number of carbonyl (C=O) groups excluding carboxylic acids is 1. The number of anilines is 1. The van der Waals surface area contributed by atoms with Crippen LogP contribution in [0.25, 0.3) is 0 Å². The van der Waals surface area contributed by atoms with E-state index >= 15 is 0 Å². The predicted octanol–water partition coefficient (Wildman–Crippen LogP) is 2.34. The number of amides is 1. The Hall–Kier alpha value is -1.58. The summed E-state index contributed by atoms with van der Waals surface area (Å²) < 4.78 is 0. The third-order valence-electron chi connectivity index (χ3n) is 3.37. The summed E-state index contributed by atoms with van der Waals surface area (Å²) in [5, 5.41) is 2.97. The lowest BCUT2D eigenvalue weighted by molar-refractivity contribution is -0.128. The average Bonchev–Trinajstić information content (AvgIpc) is 2.89. The maximum atomic E-state index is 11.8. The van der Waals surface area contributed by atoms with E-state index in [9.17, 15) is 4.79 Å². The number of nitrogens with zero attached hydrogens (tertiary/aromatic N) is 2. The first-order chi connectivity index (χ1) is 8.97. The molecule has 1 amide bonds. The van der Waals surface area contributed by atoms with E-state index in [2.05, 4.69) is 21.3 Å². The molecule has 0 bridgehead atoms. The van der Waals surface area contributed by atoms with Crippen LogP contribution in [-0.4, -0.2) is 24.0 Å². The minimum atomic E-state index is -0.342. The van der Waals surface area contributed by atoms with E-state index in [1.165, 1.54) is 12.8 Å². The van der Waals surface area contributed by atoms with Crippen LogP contribution in [0.15, 0.2) is 18.3 Å². The lowest BCUT2D eigenvalue weighted by Crippen LogP contribution is -2.34. The Morgan fingerprint density at radius 2 is 2.05 bits per heavy atom. The molecule has 0 spiro atoms. The van der Waals surface area contributed by atoms with Crippen LogP contribution in [0.5, 0.6) is 0 Å². The fraction of sp³-hybridized carbons (Fsp3) is 0.600. The van der Waals surface area contributed by atoms with Crippen LogP contribution in [0.4, 0.5) is 5.82 Å². The van der Waals surface area contributed by atoms with Gasteiger partial charge in [-0.1, -0.05) is 20.8 Å². The molecule has 1 N–H and O–H groups in total. The third kappa shape index (κ3) is 3.69. The molecule has 0 saturated carbocycles. The fourth-order valence-electron chi connectivity index (χ4n) is 2.14. The molecule has 1 fully saturated rings. The Kier molecular flexibility index (Phi) is 4.08. The van der Waals surface area contributed by atoms with Gasteiger partial charge in [-0.15, -0.1) is 0 Å². The van der Waals surface area contributed by atoms with Crippen molar-refractivity contribution in [3.63, 3.8) is 0 Å². The number of pyridine rings is 1. The molecule has 0 aliphatic carbocycles. The first-order valence-corrected chi connectivity index (χ1v) is 6.95. The summed E-state index contributed by atoms with van der Waals surface area (Å²) in [7, 11) is 0. The van der Waals surface area contributed by atoms with E-state index in [0.717, 1.165) is 24.5 Å². The summed E-state index contributed by atoms with van der Waals surface area (Å²) in [5.74, 6) is 1.10. The van der Waals surface area contributed by atoms with Crippen LogP contribution in [0.3, 0.4) is 0 Å². The van der Waals surface area contributed by atoms with Crippen LogP contribution in [0.1, 0.15) is 39.2 Å². The van der Waals surface area contributed by atoms with E-state index in [-0.39, 0.29) is 11.3 Å². The van der Waals surface area contributed by atoms with Crippen molar-refractivity contribution >= 4 is 11.7 Å². The molecule has 4 heteroatoms. The van der Waals surface area contributed by atoms with Crippen LogP contribution in [-0.2, 0) is 11.3 Å². The molecule has 0 atom stereocenters. The molecule has 1 aromatic rings. The van der Waals surface area contributed by atoms with Crippen molar-refractivity contribution < 1.29 is 4.79 Å². The van der Waals surface area contributed by atoms with Crippen LogP contribution in [0.2, 0.25) is 0 Å². The Bertz CT molecular complexity index is 445. The molecule has 2 rings (SSSR count). The van der Waals surface area contributed by atoms with Gasteiger partial charge in [0.25, 0.3) is 0 Å². The van der Waals surface area contributed by atoms with E-state index in [1.807, 2.05) is 33.0 Å². The average molecular weight is 261 g/mol. The van der Waals surface area contributed by atoms with Gasteiger partial charge in [-0.05, 0) is 30.5 Å². The highest BCUT2D eigenvalue weighted by molar-refractivity contribution is 5.81. The van der Waals surface area contributed by atoms with Crippen molar-refractivity contribution in [2.45, 2.75) is 40.2 Å². The second-order valence-electron chi connectivity index (χ2n) is 6.15. The molecular formula is C15H23N3O. The highest BCUT2D eigenvalue weighted by atomic mass is 16.2. The van der Waals surface area contributed by atoms with Crippen LogP contribution < -0.4 is 10.2 Å². The summed E-state index contributed by atoms with van der Waals surface area (Å²) in [6.45, 7) is 8.51. The zero-order valence-corrected chi connectivity index (χ0v) is 12.1. The topological polar surface area (TPSA) is 45.2 Å². The SMILES string of the molecule is CC(C)(C)C(=O)NCc1ccnc(N2CCCC2)c1. The minimum absolute atomic E-state index is 0.0760. The maximum absolute atomic E-state index is 11.8. The second kappa shape index (κ2) is 5.59. The summed E-state index contributed by atoms with van der Waals surface area (Å²) in [6, 6.07) is 4.04. The van der Waals surface area contributed by atoms with Crippen molar-refractivity contribution in [1.82, 2.24) is 10.3 Å². The van der Waals surface area contributed by atoms with Gasteiger partial charge in [-0.2, -0.15) is 0 Å². The van der Waals surface area contributed by atoms with Crippen molar-refractivity contribution in [2.24, 2.45) is 5.41 Å². The smallest absolute Gasteiger partial charge is 0.225 e. The Labute approximate surface area is 115 Å². The summed E-state index contributed by atoms with van der Waals surface area (Å²) in [6.07, 6.45) is 4.31. The van der Waals surface area contributed by atoms with Crippen molar-refractivity contribution in [3.05, 3.63) is 23.9 Å². The van der Waals surface area contributed by atoms with Gasteiger partial charge < -0.3 is 10.2 Å². The third-order valence-corrected chi connectivity index (χ3v) is 3.37. The van der Waals surface area contributed by atoms with E-state index in [1.54, 1.807) is 0 Å². The molecular weight excluding hydrogens is 238 g/mol. The molecule has 0 unspecified atom stereocenters. The molecule has 2 heterocycles. The maximum Gasteiger partial charge on any atom is 0.225 e. The van der Waals surface area contributed by atoms with Gasteiger partial charge in [0.15, 0.2) is 0 Å². The summed E-state index contributed by atoms with van der Waals surface area (Å²) >= 11 is 0. The fourth-order valence-corrected chi connectivity index (χ4v) is 2.14. The molecule has 0 radical (unpaired) electrons. The number of carbonyl (C=O) groups is 1. The van der Waals surface area contributed by atoms with Gasteiger partial charge in [0, 0.05) is 31.2 Å². The summed E-state index contributed by atoms with van der Waals surface area (Å²) in [4.78, 5) is 18.6. The van der Waals surface area contributed by atoms with Gasteiger partial charge in [0.1, 0.15) is 5.82 Å². The standard InChI is InChI=1S/C15H23N3O/c1-15(2,3)14(19)17-11-12-6-7-16-13(10-12)18-8-4-5-9-18/h6-7,10H,4-5,8-9,11H2,1-3H3,(H,17,19). The van der Waals surface area contributed by atoms with Gasteiger partial charge in [0.05, 0.1) is 0 Å². The summed E-state index contributed by atoms with van der Waals surface area (Å²) in [5.41, 5.74) is 0.764. The van der Waals surface area contributed by atoms with E-state index in [4.69, 9.17) is 0 Å². The molecule has 1 aliphatic heterocycles. The molecule has 19 heavy (non-hydrogen) atoms. The van der Waals surface area contributed by atoms with Crippen molar-refractivity contribution in [1.29, 1.82) is 0 Å². The van der Waals surface area contributed by atoms with Gasteiger partial charge in [-0.25, -0.2) is 4.98 Å². The zero-order chi connectivity index (χ0) is 13.9. The lowest BCUT2D eigenvalue weighted by Gasteiger charge is -2.19. The number of rotatable bonds is 3. The van der Waals surface area contributed by atoms with Crippen molar-refractivity contribution in [2.75, 3.05) is 18.0 Å². The molecule has 0 aromatic carbocycles. The van der Waals surface area contributed by atoms with Crippen LogP contribution in [0, 0.1) is 5.41 Å².